The van der Waals surface area contributed by atoms with Crippen LogP contribution in [0.3, 0.4) is 0 Å². The molecule has 0 aromatic heterocycles. The van der Waals surface area contributed by atoms with E-state index in [0.29, 0.717) is 45.8 Å². The van der Waals surface area contributed by atoms with E-state index in [2.05, 4.69) is 24.1 Å². The van der Waals surface area contributed by atoms with E-state index in [1.807, 2.05) is 0 Å². The van der Waals surface area contributed by atoms with Gasteiger partial charge in [0, 0.05) is 43.2 Å². The standard InChI is InChI=1S/C19H22Cl2N2O3/c1-11(2)23-8-6-19(7-9-23)16(12(3)18(25)26-19)17(24)22-13-4-5-14(20)15(21)10-13/h4-5,10-11H,6-9H2,1-3H3,(H,22,24). The fourth-order valence-electron chi connectivity index (χ4n) is 3.65. The van der Waals surface area contributed by atoms with E-state index in [0.717, 1.165) is 13.1 Å². The van der Waals surface area contributed by atoms with Crippen molar-refractivity contribution >= 4 is 40.8 Å². The Hall–Kier alpha value is -1.56. The summed E-state index contributed by atoms with van der Waals surface area (Å²) in [6.45, 7) is 7.48. The van der Waals surface area contributed by atoms with Crippen LogP contribution in [0.1, 0.15) is 33.6 Å². The Bertz CT molecular complexity index is 781. The first kappa shape index (κ1) is 19.2. The molecular weight excluding hydrogens is 375 g/mol. The number of piperidine rings is 1. The minimum absolute atomic E-state index is 0.329. The molecule has 7 heteroatoms. The van der Waals surface area contributed by atoms with E-state index in [1.165, 1.54) is 0 Å². The first-order chi connectivity index (χ1) is 12.2. The number of rotatable bonds is 3. The third kappa shape index (κ3) is 3.48. The highest BCUT2D eigenvalue weighted by molar-refractivity contribution is 6.42. The van der Waals surface area contributed by atoms with Crippen LogP contribution < -0.4 is 5.32 Å². The Morgan fingerprint density at radius 2 is 1.88 bits per heavy atom. The molecule has 0 radical (unpaired) electrons. The molecular formula is C19H22Cl2N2O3. The van der Waals surface area contributed by atoms with Crippen LogP contribution >= 0.6 is 23.2 Å². The average Bonchev–Trinajstić information content (AvgIpc) is 2.81. The molecule has 1 aromatic carbocycles. The van der Waals surface area contributed by atoms with Gasteiger partial charge in [-0.05, 0) is 39.0 Å². The number of anilines is 1. The predicted molar refractivity (Wildman–Crippen MR) is 103 cm³/mol. The third-order valence-corrected chi connectivity index (χ3v) is 5.90. The molecule has 1 spiro atoms. The highest BCUT2D eigenvalue weighted by Crippen LogP contribution is 2.42. The molecule has 0 unspecified atom stereocenters. The number of esters is 1. The topological polar surface area (TPSA) is 58.6 Å². The van der Waals surface area contributed by atoms with Gasteiger partial charge in [-0.15, -0.1) is 0 Å². The van der Waals surface area contributed by atoms with E-state index >= 15 is 0 Å². The smallest absolute Gasteiger partial charge is 0.335 e. The molecule has 2 aliphatic rings. The lowest BCUT2D eigenvalue weighted by Crippen LogP contribution is -2.49. The first-order valence-electron chi connectivity index (χ1n) is 8.68. The molecule has 140 valence electrons. The zero-order valence-corrected chi connectivity index (χ0v) is 16.6. The zero-order chi connectivity index (χ0) is 19.1. The summed E-state index contributed by atoms with van der Waals surface area (Å²) in [7, 11) is 0. The van der Waals surface area contributed by atoms with Crippen LogP contribution in [0.5, 0.6) is 0 Å². The van der Waals surface area contributed by atoms with Gasteiger partial charge in [0.05, 0.1) is 15.6 Å². The van der Waals surface area contributed by atoms with Gasteiger partial charge in [-0.1, -0.05) is 23.2 Å². The summed E-state index contributed by atoms with van der Waals surface area (Å²) in [5.74, 6) is -0.743. The maximum Gasteiger partial charge on any atom is 0.335 e. The molecule has 3 rings (SSSR count). The number of carbonyl (C=O) groups is 2. The third-order valence-electron chi connectivity index (χ3n) is 5.17. The quantitative estimate of drug-likeness (QED) is 0.782. The van der Waals surface area contributed by atoms with Gasteiger partial charge in [-0.2, -0.15) is 0 Å². The van der Waals surface area contributed by atoms with Crippen molar-refractivity contribution in [1.82, 2.24) is 4.90 Å². The molecule has 2 heterocycles. The molecule has 26 heavy (non-hydrogen) atoms. The SMILES string of the molecule is CC1=C(C(=O)Nc2ccc(Cl)c(Cl)c2)C2(CCN(C(C)C)CC2)OC1=O. The minimum atomic E-state index is -0.840. The van der Waals surface area contributed by atoms with Gasteiger partial charge >= 0.3 is 5.97 Å². The Labute approximate surface area is 163 Å². The van der Waals surface area contributed by atoms with Crippen molar-refractivity contribution in [2.75, 3.05) is 18.4 Å². The normalized spacial score (nSPS) is 20.0. The molecule has 1 saturated heterocycles. The maximum atomic E-state index is 13.0. The molecule has 1 aromatic rings. The van der Waals surface area contributed by atoms with Crippen LogP contribution in [0.2, 0.25) is 10.0 Å². The van der Waals surface area contributed by atoms with E-state index in [1.54, 1.807) is 25.1 Å². The molecule has 0 atom stereocenters. The van der Waals surface area contributed by atoms with Gasteiger partial charge in [-0.3, -0.25) is 4.79 Å². The number of amides is 1. The second-order valence-electron chi connectivity index (χ2n) is 7.10. The fourth-order valence-corrected chi connectivity index (χ4v) is 3.95. The Morgan fingerprint density at radius 1 is 1.23 bits per heavy atom. The van der Waals surface area contributed by atoms with E-state index in [9.17, 15) is 9.59 Å². The van der Waals surface area contributed by atoms with Crippen molar-refractivity contribution in [1.29, 1.82) is 0 Å². The van der Waals surface area contributed by atoms with Gasteiger partial charge in [0.15, 0.2) is 0 Å². The highest BCUT2D eigenvalue weighted by Gasteiger charge is 2.50. The maximum absolute atomic E-state index is 13.0. The minimum Gasteiger partial charge on any atom is -0.450 e. The molecule has 1 N–H and O–H groups in total. The number of hydrogen-bond donors (Lipinski definition) is 1. The van der Waals surface area contributed by atoms with E-state index in [4.69, 9.17) is 27.9 Å². The zero-order valence-electron chi connectivity index (χ0n) is 15.1. The van der Waals surface area contributed by atoms with Crippen molar-refractivity contribution in [3.8, 4) is 0 Å². The van der Waals surface area contributed by atoms with E-state index in [-0.39, 0.29) is 5.91 Å². The number of carbonyl (C=O) groups excluding carboxylic acids is 2. The number of nitrogens with one attached hydrogen (secondary N) is 1. The van der Waals surface area contributed by atoms with Crippen molar-refractivity contribution in [3.05, 3.63) is 39.4 Å². The van der Waals surface area contributed by atoms with Crippen molar-refractivity contribution in [2.24, 2.45) is 0 Å². The summed E-state index contributed by atoms with van der Waals surface area (Å²) in [4.78, 5) is 27.5. The monoisotopic (exact) mass is 396 g/mol. The van der Waals surface area contributed by atoms with E-state index < -0.39 is 11.6 Å². The summed E-state index contributed by atoms with van der Waals surface area (Å²) in [5, 5.41) is 3.59. The summed E-state index contributed by atoms with van der Waals surface area (Å²) in [6, 6.07) is 5.30. The number of nitrogens with zero attached hydrogens (tertiary/aromatic N) is 1. The predicted octanol–water partition coefficient (Wildman–Crippen LogP) is 4.05. The Morgan fingerprint density at radius 3 is 2.46 bits per heavy atom. The number of hydrogen-bond acceptors (Lipinski definition) is 4. The Balaban J connectivity index is 1.84. The number of likely N-dealkylation sites (tertiary alicyclic amines) is 1. The first-order valence-corrected chi connectivity index (χ1v) is 9.44. The highest BCUT2D eigenvalue weighted by atomic mass is 35.5. The number of halogens is 2. The number of benzene rings is 1. The molecule has 0 bridgehead atoms. The van der Waals surface area contributed by atoms with Gasteiger partial charge < -0.3 is 15.0 Å². The summed E-state index contributed by atoms with van der Waals surface area (Å²) < 4.78 is 5.70. The summed E-state index contributed by atoms with van der Waals surface area (Å²) in [6.07, 6.45) is 1.22. The van der Waals surface area contributed by atoms with Crippen molar-refractivity contribution in [3.63, 3.8) is 0 Å². The Kier molecular flexibility index (Phi) is 5.33. The molecule has 1 fully saturated rings. The van der Waals surface area contributed by atoms with Crippen LogP contribution in [0.25, 0.3) is 0 Å². The lowest BCUT2D eigenvalue weighted by molar-refractivity contribution is -0.151. The van der Waals surface area contributed by atoms with Crippen LogP contribution in [-0.2, 0) is 14.3 Å². The molecule has 0 aliphatic carbocycles. The van der Waals surface area contributed by atoms with Crippen LogP contribution in [0.15, 0.2) is 29.3 Å². The van der Waals surface area contributed by atoms with Crippen LogP contribution in [-0.4, -0.2) is 41.5 Å². The summed E-state index contributed by atoms with van der Waals surface area (Å²) >= 11 is 11.9. The van der Waals surface area contributed by atoms with Crippen molar-refractivity contribution < 1.29 is 14.3 Å². The summed E-state index contributed by atoms with van der Waals surface area (Å²) in [5.41, 5.74) is 0.490. The van der Waals surface area contributed by atoms with Gasteiger partial charge in [0.1, 0.15) is 5.60 Å². The fraction of sp³-hybridized carbons (Fsp3) is 0.474. The van der Waals surface area contributed by atoms with Gasteiger partial charge in [0.2, 0.25) is 0 Å². The molecule has 0 saturated carbocycles. The largest absolute Gasteiger partial charge is 0.450 e. The molecule has 1 amide bonds. The second-order valence-corrected chi connectivity index (χ2v) is 7.91. The number of ether oxygens (including phenoxy) is 1. The molecule has 2 aliphatic heterocycles. The van der Waals surface area contributed by atoms with Gasteiger partial charge in [-0.25, -0.2) is 4.79 Å². The van der Waals surface area contributed by atoms with Crippen LogP contribution in [0, 0.1) is 0 Å². The van der Waals surface area contributed by atoms with Crippen LogP contribution in [0.4, 0.5) is 5.69 Å². The molecule has 5 nitrogen and oxygen atoms in total. The average molecular weight is 397 g/mol. The lowest BCUT2D eigenvalue weighted by Gasteiger charge is -2.40. The van der Waals surface area contributed by atoms with Crippen molar-refractivity contribution in [2.45, 2.75) is 45.3 Å². The van der Waals surface area contributed by atoms with Gasteiger partial charge in [0.25, 0.3) is 5.91 Å². The second kappa shape index (κ2) is 7.22. The lowest BCUT2D eigenvalue weighted by atomic mass is 9.82.